The van der Waals surface area contributed by atoms with E-state index in [1.54, 1.807) is 14.1 Å². The van der Waals surface area contributed by atoms with Crippen LogP contribution in [0.4, 0.5) is 0 Å². The minimum Gasteiger partial charge on any atom is -0.278 e. The molecule has 0 rings (SSSR count). The van der Waals surface area contributed by atoms with Crippen molar-refractivity contribution in [1.29, 1.82) is 0 Å². The quantitative estimate of drug-likeness (QED) is 0.397. The summed E-state index contributed by atoms with van der Waals surface area (Å²) in [5.74, 6) is -0.132. The Morgan fingerprint density at radius 2 is 2.38 bits per heavy atom. The van der Waals surface area contributed by atoms with Crippen molar-refractivity contribution in [3.05, 3.63) is 12.7 Å². The van der Waals surface area contributed by atoms with Gasteiger partial charge in [-0.05, 0) is 6.08 Å². The highest BCUT2D eigenvalue weighted by molar-refractivity contribution is 5.86. The third kappa shape index (κ3) is 1.75. The van der Waals surface area contributed by atoms with Crippen molar-refractivity contribution in [3.63, 3.8) is 0 Å². The third-order valence-corrected chi connectivity index (χ3v) is 0.841. The molecule has 0 spiro atoms. The fourth-order valence-electron chi connectivity index (χ4n) is 0.247. The molecule has 46 valence electrons. The maximum Gasteiger partial charge on any atom is 0.259 e. The predicted molar refractivity (Wildman–Crippen MR) is 32.0 cm³/mol. The van der Waals surface area contributed by atoms with Crippen LogP contribution in [0.15, 0.2) is 12.7 Å². The van der Waals surface area contributed by atoms with E-state index in [0.29, 0.717) is 0 Å². The number of hydrogen-bond acceptors (Lipinski definition) is 2. The van der Waals surface area contributed by atoms with Gasteiger partial charge in [0.25, 0.3) is 5.91 Å². The van der Waals surface area contributed by atoms with E-state index < -0.39 is 0 Å². The first-order valence-corrected chi connectivity index (χ1v) is 2.30. The number of hydrogen-bond donors (Lipinski definition) is 1. The van der Waals surface area contributed by atoms with Crippen molar-refractivity contribution < 1.29 is 4.79 Å². The summed E-state index contributed by atoms with van der Waals surface area (Å²) in [5.41, 5.74) is 2.63. The Bertz CT molecular complexity index is 101. The van der Waals surface area contributed by atoms with Crippen LogP contribution in [0.2, 0.25) is 0 Å². The van der Waals surface area contributed by atoms with Crippen LogP contribution in [-0.4, -0.2) is 25.0 Å². The molecule has 3 heteroatoms. The lowest BCUT2D eigenvalue weighted by Gasteiger charge is -2.11. The Labute approximate surface area is 49.0 Å². The molecule has 0 unspecified atom stereocenters. The van der Waals surface area contributed by atoms with Crippen LogP contribution in [0, 0.1) is 0 Å². The van der Waals surface area contributed by atoms with Crippen molar-refractivity contribution >= 4 is 5.91 Å². The lowest BCUT2D eigenvalue weighted by Crippen LogP contribution is -2.35. The molecule has 0 fully saturated rings. The van der Waals surface area contributed by atoms with Crippen LogP contribution in [0.5, 0.6) is 0 Å². The standard InChI is InChI=1S/C5H10N2O/c1-4-5(8)7(3)6-2/h4,6H,1H2,2-3H3. The van der Waals surface area contributed by atoms with Crippen LogP contribution < -0.4 is 5.43 Å². The van der Waals surface area contributed by atoms with Gasteiger partial charge in [0.05, 0.1) is 0 Å². The second-order valence-electron chi connectivity index (χ2n) is 1.32. The molecule has 0 bridgehead atoms. The van der Waals surface area contributed by atoms with Gasteiger partial charge in [0.15, 0.2) is 0 Å². The lowest BCUT2D eigenvalue weighted by atomic mass is 10.6. The maximum absolute atomic E-state index is 10.5. The van der Waals surface area contributed by atoms with Crippen molar-refractivity contribution in [2.45, 2.75) is 0 Å². The Balaban J connectivity index is 3.62. The molecule has 0 heterocycles. The Morgan fingerprint density at radius 1 is 1.88 bits per heavy atom. The molecule has 0 aliphatic heterocycles. The SMILES string of the molecule is C=CC(=O)N(C)NC. The number of amides is 1. The molecule has 1 N–H and O–H groups in total. The van der Waals surface area contributed by atoms with E-state index in [4.69, 9.17) is 0 Å². The third-order valence-electron chi connectivity index (χ3n) is 0.841. The summed E-state index contributed by atoms with van der Waals surface area (Å²) in [6.07, 6.45) is 1.25. The molecule has 0 aromatic rings. The Hall–Kier alpha value is -0.830. The molecule has 1 amide bonds. The van der Waals surface area contributed by atoms with Gasteiger partial charge >= 0.3 is 0 Å². The predicted octanol–water partition coefficient (Wildman–Crippen LogP) is -0.235. The number of nitrogens with one attached hydrogen (secondary N) is 1. The molecule has 0 atom stereocenters. The normalized spacial score (nSPS) is 8.25. The van der Waals surface area contributed by atoms with Crippen LogP contribution in [0.25, 0.3) is 0 Å². The first-order valence-electron chi connectivity index (χ1n) is 2.30. The van der Waals surface area contributed by atoms with E-state index in [0.717, 1.165) is 0 Å². The molecule has 3 nitrogen and oxygen atoms in total. The number of likely N-dealkylation sites (N-methyl/N-ethyl adjacent to an activating group) is 1. The second kappa shape index (κ2) is 3.21. The van der Waals surface area contributed by atoms with Gasteiger partial charge in [-0.2, -0.15) is 0 Å². The zero-order chi connectivity index (χ0) is 6.57. The van der Waals surface area contributed by atoms with Crippen LogP contribution in [-0.2, 0) is 4.79 Å². The second-order valence-corrected chi connectivity index (χ2v) is 1.32. The number of carbonyl (C=O) groups excluding carboxylic acids is 1. The molecule has 0 saturated heterocycles. The van der Waals surface area contributed by atoms with Gasteiger partial charge in [0, 0.05) is 14.1 Å². The Kier molecular flexibility index (Phi) is 2.88. The van der Waals surface area contributed by atoms with E-state index in [9.17, 15) is 4.79 Å². The molecule has 0 radical (unpaired) electrons. The number of rotatable bonds is 2. The van der Waals surface area contributed by atoms with E-state index in [1.165, 1.54) is 11.1 Å². The highest BCUT2D eigenvalue weighted by Crippen LogP contribution is 1.75. The van der Waals surface area contributed by atoms with Crippen molar-refractivity contribution in [1.82, 2.24) is 10.4 Å². The molecule has 0 aliphatic rings. The summed E-state index contributed by atoms with van der Waals surface area (Å²) in [6.45, 7) is 3.30. The van der Waals surface area contributed by atoms with Gasteiger partial charge in [-0.1, -0.05) is 6.58 Å². The van der Waals surface area contributed by atoms with E-state index in [2.05, 4.69) is 12.0 Å². The molecule has 0 aliphatic carbocycles. The molecule has 0 aromatic carbocycles. The summed E-state index contributed by atoms with van der Waals surface area (Å²) < 4.78 is 0. The summed E-state index contributed by atoms with van der Waals surface area (Å²) >= 11 is 0. The van der Waals surface area contributed by atoms with Crippen molar-refractivity contribution in [2.24, 2.45) is 0 Å². The fraction of sp³-hybridized carbons (Fsp3) is 0.400. The topological polar surface area (TPSA) is 32.3 Å². The van der Waals surface area contributed by atoms with Gasteiger partial charge < -0.3 is 0 Å². The number of carbonyl (C=O) groups is 1. The largest absolute Gasteiger partial charge is 0.278 e. The Morgan fingerprint density at radius 3 is 2.50 bits per heavy atom. The molecule has 0 saturated carbocycles. The monoisotopic (exact) mass is 114 g/mol. The summed E-state index contributed by atoms with van der Waals surface area (Å²) in [5, 5.41) is 1.34. The van der Waals surface area contributed by atoms with Gasteiger partial charge in [-0.3, -0.25) is 9.80 Å². The summed E-state index contributed by atoms with van der Waals surface area (Å²) in [7, 11) is 3.30. The van der Waals surface area contributed by atoms with E-state index in [1.807, 2.05) is 0 Å². The zero-order valence-electron chi connectivity index (χ0n) is 5.14. The van der Waals surface area contributed by atoms with E-state index >= 15 is 0 Å². The first-order chi connectivity index (χ1) is 3.72. The average Bonchev–Trinajstić information content (AvgIpc) is 1.84. The van der Waals surface area contributed by atoms with Crippen molar-refractivity contribution in [3.8, 4) is 0 Å². The van der Waals surface area contributed by atoms with Gasteiger partial charge in [-0.15, -0.1) is 0 Å². The zero-order valence-corrected chi connectivity index (χ0v) is 5.14. The van der Waals surface area contributed by atoms with E-state index in [-0.39, 0.29) is 5.91 Å². The van der Waals surface area contributed by atoms with Gasteiger partial charge in [0.2, 0.25) is 0 Å². The first kappa shape index (κ1) is 7.17. The minimum atomic E-state index is -0.132. The van der Waals surface area contributed by atoms with Crippen LogP contribution >= 0.6 is 0 Å². The molecular formula is C5H10N2O. The lowest BCUT2D eigenvalue weighted by molar-refractivity contribution is -0.127. The van der Waals surface area contributed by atoms with Crippen LogP contribution in [0.1, 0.15) is 0 Å². The summed E-state index contributed by atoms with van der Waals surface area (Å²) in [4.78, 5) is 10.5. The minimum absolute atomic E-state index is 0.132. The molecular weight excluding hydrogens is 104 g/mol. The van der Waals surface area contributed by atoms with Gasteiger partial charge in [0.1, 0.15) is 0 Å². The van der Waals surface area contributed by atoms with Gasteiger partial charge in [-0.25, -0.2) is 5.43 Å². The number of nitrogens with zero attached hydrogens (tertiary/aromatic N) is 1. The maximum atomic E-state index is 10.5. The molecule has 8 heavy (non-hydrogen) atoms. The smallest absolute Gasteiger partial charge is 0.259 e. The average molecular weight is 114 g/mol. The fourth-order valence-corrected chi connectivity index (χ4v) is 0.247. The highest BCUT2D eigenvalue weighted by atomic mass is 16.2. The number of hydrazine groups is 1. The van der Waals surface area contributed by atoms with Crippen molar-refractivity contribution in [2.75, 3.05) is 14.1 Å². The van der Waals surface area contributed by atoms with Crippen LogP contribution in [0.3, 0.4) is 0 Å². The summed E-state index contributed by atoms with van der Waals surface area (Å²) in [6, 6.07) is 0. The molecule has 0 aromatic heterocycles. The highest BCUT2D eigenvalue weighted by Gasteiger charge is 1.96.